The SMILES string of the molecule is COC(=O)c1nc(Br)cc(Br)c1NC(=O)OC(C)(C)C. The zero-order chi connectivity index (χ0) is 15.5. The molecule has 0 fully saturated rings. The number of anilines is 1. The molecule has 0 unspecified atom stereocenters. The van der Waals surface area contributed by atoms with Gasteiger partial charge in [0.15, 0.2) is 5.69 Å². The molecule has 0 saturated carbocycles. The fourth-order valence-electron chi connectivity index (χ4n) is 1.25. The topological polar surface area (TPSA) is 77.5 Å². The van der Waals surface area contributed by atoms with Gasteiger partial charge in [0.05, 0.1) is 12.8 Å². The first-order chi connectivity index (χ1) is 9.14. The van der Waals surface area contributed by atoms with Crippen molar-refractivity contribution in [3.8, 4) is 0 Å². The first-order valence-corrected chi connectivity index (χ1v) is 7.17. The lowest BCUT2D eigenvalue weighted by atomic mass is 10.2. The number of aromatic nitrogens is 1. The number of hydrogen-bond acceptors (Lipinski definition) is 5. The largest absolute Gasteiger partial charge is 0.464 e. The summed E-state index contributed by atoms with van der Waals surface area (Å²) in [6, 6.07) is 1.60. The Morgan fingerprint density at radius 1 is 1.30 bits per heavy atom. The third-order valence-electron chi connectivity index (χ3n) is 1.94. The Bertz CT molecular complexity index is 541. The zero-order valence-corrected chi connectivity index (χ0v) is 14.6. The summed E-state index contributed by atoms with van der Waals surface area (Å²) in [5.74, 6) is -0.668. The molecule has 8 heteroatoms. The second kappa shape index (κ2) is 6.53. The van der Waals surface area contributed by atoms with Gasteiger partial charge in [-0.2, -0.15) is 0 Å². The summed E-state index contributed by atoms with van der Waals surface area (Å²) in [7, 11) is 1.23. The number of amides is 1. The first-order valence-electron chi connectivity index (χ1n) is 5.58. The zero-order valence-electron chi connectivity index (χ0n) is 11.4. The molecule has 1 N–H and O–H groups in total. The average molecular weight is 410 g/mol. The molecule has 0 aliphatic carbocycles. The Labute approximate surface area is 133 Å². The van der Waals surface area contributed by atoms with Crippen molar-refractivity contribution in [1.29, 1.82) is 0 Å². The molecule has 0 atom stereocenters. The number of carbonyl (C=O) groups excluding carboxylic acids is 2. The van der Waals surface area contributed by atoms with Crippen LogP contribution in [0.1, 0.15) is 31.3 Å². The van der Waals surface area contributed by atoms with Gasteiger partial charge >= 0.3 is 12.1 Å². The number of methoxy groups -OCH3 is 1. The van der Waals surface area contributed by atoms with E-state index in [2.05, 4.69) is 46.9 Å². The average Bonchev–Trinajstić information content (AvgIpc) is 2.29. The summed E-state index contributed by atoms with van der Waals surface area (Å²) in [4.78, 5) is 27.5. The van der Waals surface area contributed by atoms with Gasteiger partial charge in [0.25, 0.3) is 0 Å². The molecule has 0 aliphatic heterocycles. The molecular formula is C12H14Br2N2O4. The predicted octanol–water partition coefficient (Wildman–Crippen LogP) is 3.74. The maximum Gasteiger partial charge on any atom is 0.412 e. The van der Waals surface area contributed by atoms with Crippen LogP contribution in [0.15, 0.2) is 15.1 Å². The fourth-order valence-corrected chi connectivity index (χ4v) is 2.47. The highest BCUT2D eigenvalue weighted by molar-refractivity contribution is 9.11. The highest BCUT2D eigenvalue weighted by Gasteiger charge is 2.22. The van der Waals surface area contributed by atoms with Crippen molar-refractivity contribution in [3.05, 3.63) is 20.8 Å². The second-order valence-corrected chi connectivity index (χ2v) is 6.44. The molecule has 0 radical (unpaired) electrons. The Morgan fingerprint density at radius 2 is 1.90 bits per heavy atom. The Kier molecular flexibility index (Phi) is 5.52. The van der Waals surface area contributed by atoms with Crippen LogP contribution >= 0.6 is 31.9 Å². The molecule has 1 rings (SSSR count). The van der Waals surface area contributed by atoms with Crippen molar-refractivity contribution >= 4 is 49.6 Å². The van der Waals surface area contributed by atoms with E-state index >= 15 is 0 Å². The van der Waals surface area contributed by atoms with E-state index in [1.165, 1.54) is 7.11 Å². The van der Waals surface area contributed by atoms with E-state index < -0.39 is 17.7 Å². The normalized spacial score (nSPS) is 10.9. The Hall–Kier alpha value is -1.15. The van der Waals surface area contributed by atoms with Gasteiger partial charge in [-0.15, -0.1) is 0 Å². The number of pyridine rings is 1. The maximum atomic E-state index is 11.8. The maximum absolute atomic E-state index is 11.8. The number of carbonyl (C=O) groups is 2. The second-order valence-electron chi connectivity index (χ2n) is 4.77. The van der Waals surface area contributed by atoms with E-state index in [-0.39, 0.29) is 11.4 Å². The minimum absolute atomic E-state index is 0.0281. The van der Waals surface area contributed by atoms with E-state index in [4.69, 9.17) is 4.74 Å². The minimum atomic E-state index is -0.688. The molecule has 110 valence electrons. The van der Waals surface area contributed by atoms with Gasteiger partial charge in [0.2, 0.25) is 0 Å². The van der Waals surface area contributed by atoms with E-state index in [0.29, 0.717) is 9.08 Å². The molecule has 20 heavy (non-hydrogen) atoms. The van der Waals surface area contributed by atoms with E-state index in [1.54, 1.807) is 26.8 Å². The number of rotatable bonds is 2. The lowest BCUT2D eigenvalue weighted by Gasteiger charge is -2.20. The van der Waals surface area contributed by atoms with Crippen LogP contribution in [0.25, 0.3) is 0 Å². The third kappa shape index (κ3) is 4.75. The van der Waals surface area contributed by atoms with Gasteiger partial charge in [0, 0.05) is 4.47 Å². The number of hydrogen-bond donors (Lipinski definition) is 1. The number of esters is 1. The molecule has 0 spiro atoms. The number of nitrogens with one attached hydrogen (secondary N) is 1. The first kappa shape index (κ1) is 16.9. The monoisotopic (exact) mass is 408 g/mol. The van der Waals surface area contributed by atoms with Crippen LogP contribution in [0, 0.1) is 0 Å². The molecule has 0 aliphatic rings. The summed E-state index contributed by atoms with van der Waals surface area (Å²) in [5, 5.41) is 2.49. The summed E-state index contributed by atoms with van der Waals surface area (Å²) in [5.41, 5.74) is -0.487. The highest BCUT2D eigenvalue weighted by Crippen LogP contribution is 2.29. The Morgan fingerprint density at radius 3 is 2.40 bits per heavy atom. The quantitative estimate of drug-likeness (QED) is 0.594. The summed E-state index contributed by atoms with van der Waals surface area (Å²) in [6.07, 6.45) is -0.688. The van der Waals surface area contributed by atoms with Gasteiger partial charge in [-0.1, -0.05) is 0 Å². The van der Waals surface area contributed by atoms with Crippen molar-refractivity contribution in [2.24, 2.45) is 0 Å². The molecule has 0 bridgehead atoms. The van der Waals surface area contributed by atoms with Crippen molar-refractivity contribution in [2.75, 3.05) is 12.4 Å². The highest BCUT2D eigenvalue weighted by atomic mass is 79.9. The van der Waals surface area contributed by atoms with Crippen LogP contribution < -0.4 is 5.32 Å². The summed E-state index contributed by atoms with van der Waals surface area (Å²) < 4.78 is 10.7. The van der Waals surface area contributed by atoms with E-state index in [1.807, 2.05) is 0 Å². The summed E-state index contributed by atoms with van der Waals surface area (Å²) >= 11 is 6.42. The smallest absolute Gasteiger partial charge is 0.412 e. The van der Waals surface area contributed by atoms with Gasteiger partial charge in [-0.3, -0.25) is 5.32 Å². The fraction of sp³-hybridized carbons (Fsp3) is 0.417. The van der Waals surface area contributed by atoms with Gasteiger partial charge in [-0.05, 0) is 58.7 Å². The Balaban J connectivity index is 3.11. The van der Waals surface area contributed by atoms with Crippen molar-refractivity contribution < 1.29 is 19.1 Å². The van der Waals surface area contributed by atoms with Crippen LogP contribution in [0.3, 0.4) is 0 Å². The van der Waals surface area contributed by atoms with Crippen LogP contribution in [0.4, 0.5) is 10.5 Å². The van der Waals surface area contributed by atoms with Crippen LogP contribution in [0.2, 0.25) is 0 Å². The molecule has 0 saturated heterocycles. The molecule has 1 heterocycles. The minimum Gasteiger partial charge on any atom is -0.464 e. The van der Waals surface area contributed by atoms with Gasteiger partial charge < -0.3 is 9.47 Å². The predicted molar refractivity (Wildman–Crippen MR) is 80.8 cm³/mol. The summed E-state index contributed by atoms with van der Waals surface area (Å²) in [6.45, 7) is 5.22. The van der Waals surface area contributed by atoms with Crippen molar-refractivity contribution in [3.63, 3.8) is 0 Å². The van der Waals surface area contributed by atoms with Crippen molar-refractivity contribution in [2.45, 2.75) is 26.4 Å². The molecule has 0 aromatic carbocycles. The molecular weight excluding hydrogens is 396 g/mol. The van der Waals surface area contributed by atoms with Gasteiger partial charge in [-0.25, -0.2) is 14.6 Å². The lowest BCUT2D eigenvalue weighted by Crippen LogP contribution is -2.28. The number of halogens is 2. The van der Waals surface area contributed by atoms with Crippen LogP contribution in [-0.2, 0) is 9.47 Å². The lowest BCUT2D eigenvalue weighted by molar-refractivity contribution is 0.0595. The van der Waals surface area contributed by atoms with Crippen LogP contribution in [0.5, 0.6) is 0 Å². The molecule has 1 amide bonds. The van der Waals surface area contributed by atoms with Gasteiger partial charge in [0.1, 0.15) is 10.2 Å². The number of ether oxygens (including phenoxy) is 2. The van der Waals surface area contributed by atoms with Crippen LogP contribution in [-0.4, -0.2) is 29.8 Å². The van der Waals surface area contributed by atoms with E-state index in [9.17, 15) is 9.59 Å². The number of nitrogens with zero attached hydrogens (tertiary/aromatic N) is 1. The molecule has 1 aromatic rings. The molecule has 1 aromatic heterocycles. The molecule has 6 nitrogen and oxygen atoms in total. The standard InChI is InChI=1S/C12H14Br2N2O4/c1-12(2,3)20-11(18)16-8-6(13)5-7(14)15-9(8)10(17)19-4/h5H,1-4H3,(H,16,18). The van der Waals surface area contributed by atoms with Crippen molar-refractivity contribution in [1.82, 2.24) is 4.98 Å². The van der Waals surface area contributed by atoms with E-state index in [0.717, 1.165) is 0 Å². The third-order valence-corrected chi connectivity index (χ3v) is 2.98.